The van der Waals surface area contributed by atoms with Crippen molar-refractivity contribution in [2.75, 3.05) is 5.32 Å². The first-order chi connectivity index (χ1) is 8.15. The average molecular weight is 272 g/mol. The second-order valence-corrected chi connectivity index (χ2v) is 4.42. The zero-order chi connectivity index (χ0) is 12.3. The first-order valence-corrected chi connectivity index (χ1v) is 5.82. The van der Waals surface area contributed by atoms with E-state index in [-0.39, 0.29) is 6.04 Å². The lowest BCUT2D eigenvalue weighted by molar-refractivity contribution is 0.618. The maximum atomic E-state index is 5.91. The summed E-state index contributed by atoms with van der Waals surface area (Å²) in [5.41, 5.74) is 0.680. The molecular weight excluding hydrogens is 261 g/mol. The second-order valence-electron chi connectivity index (χ2n) is 3.68. The number of imidazole rings is 1. The van der Waals surface area contributed by atoms with Gasteiger partial charge in [-0.15, -0.1) is 10.2 Å². The molecule has 0 aliphatic carbocycles. The van der Waals surface area contributed by atoms with Gasteiger partial charge in [0.25, 0.3) is 0 Å². The predicted molar refractivity (Wildman–Crippen MR) is 67.4 cm³/mol. The number of hydrogen-bond acceptors (Lipinski definition) is 4. The van der Waals surface area contributed by atoms with Gasteiger partial charge in [0.1, 0.15) is 0 Å². The molecule has 2 aromatic heterocycles. The molecule has 0 aromatic carbocycles. The number of aromatic nitrogens is 4. The van der Waals surface area contributed by atoms with Crippen molar-refractivity contribution in [1.29, 1.82) is 0 Å². The Balaban J connectivity index is 2.02. The Kier molecular flexibility index (Phi) is 3.81. The number of anilines is 1. The monoisotopic (exact) mass is 271 g/mol. The minimum atomic E-state index is 0.168. The predicted octanol–water partition coefficient (Wildman–Crippen LogP) is 2.48. The molecular formula is C10H11Cl2N5. The molecule has 2 heterocycles. The van der Waals surface area contributed by atoms with E-state index in [2.05, 4.69) is 20.5 Å². The first-order valence-electron chi connectivity index (χ1n) is 5.06. The molecule has 1 unspecified atom stereocenters. The van der Waals surface area contributed by atoms with Crippen molar-refractivity contribution in [3.63, 3.8) is 0 Å². The molecule has 0 radical (unpaired) electrons. The molecule has 0 saturated heterocycles. The highest BCUT2D eigenvalue weighted by molar-refractivity contribution is 6.33. The summed E-state index contributed by atoms with van der Waals surface area (Å²) in [6.07, 6.45) is 5.40. The van der Waals surface area contributed by atoms with Crippen LogP contribution < -0.4 is 5.32 Å². The minimum absolute atomic E-state index is 0.168. The van der Waals surface area contributed by atoms with Gasteiger partial charge in [0.2, 0.25) is 0 Å². The van der Waals surface area contributed by atoms with Crippen molar-refractivity contribution >= 4 is 28.9 Å². The quantitative estimate of drug-likeness (QED) is 0.929. The van der Waals surface area contributed by atoms with Crippen LogP contribution in [0, 0.1) is 0 Å². The Labute approximate surface area is 109 Å². The van der Waals surface area contributed by atoms with Crippen LogP contribution in [0.5, 0.6) is 0 Å². The van der Waals surface area contributed by atoms with Gasteiger partial charge in [-0.2, -0.15) is 0 Å². The molecule has 0 amide bonds. The summed E-state index contributed by atoms with van der Waals surface area (Å²) in [5.74, 6) is 0. The Morgan fingerprint density at radius 1 is 1.41 bits per heavy atom. The summed E-state index contributed by atoms with van der Waals surface area (Å²) in [6.45, 7) is 2.81. The lowest BCUT2D eigenvalue weighted by atomic mass is 10.3. The van der Waals surface area contributed by atoms with Crippen LogP contribution in [0.4, 0.5) is 5.69 Å². The second kappa shape index (κ2) is 5.33. The van der Waals surface area contributed by atoms with Crippen molar-refractivity contribution in [3.8, 4) is 0 Å². The largest absolute Gasteiger partial charge is 0.378 e. The summed E-state index contributed by atoms with van der Waals surface area (Å²) >= 11 is 11.7. The van der Waals surface area contributed by atoms with Gasteiger partial charge >= 0.3 is 0 Å². The standard InChI is InChI=1S/C10H11Cl2N5/c1-7(5-17-3-2-13-6-17)14-8-4-9(11)15-16-10(8)12/h2-4,6-7H,5H2,1H3,(H,14,15). The summed E-state index contributed by atoms with van der Waals surface area (Å²) < 4.78 is 1.97. The van der Waals surface area contributed by atoms with Crippen molar-refractivity contribution in [1.82, 2.24) is 19.7 Å². The molecule has 0 aliphatic heterocycles. The summed E-state index contributed by atoms with van der Waals surface area (Å²) in [5, 5.41) is 11.2. The molecule has 17 heavy (non-hydrogen) atoms. The van der Waals surface area contributed by atoms with Crippen LogP contribution >= 0.6 is 23.2 Å². The lowest BCUT2D eigenvalue weighted by Gasteiger charge is -2.16. The number of nitrogens with zero attached hydrogens (tertiary/aromatic N) is 4. The van der Waals surface area contributed by atoms with Gasteiger partial charge in [0, 0.05) is 31.0 Å². The summed E-state index contributed by atoms with van der Waals surface area (Å²) in [4.78, 5) is 3.98. The molecule has 90 valence electrons. The number of halogens is 2. The van der Waals surface area contributed by atoms with Crippen LogP contribution in [-0.2, 0) is 6.54 Å². The molecule has 0 bridgehead atoms. The molecule has 0 spiro atoms. The Hall–Kier alpha value is -1.33. The Morgan fingerprint density at radius 3 is 2.94 bits per heavy atom. The Bertz CT molecular complexity index is 485. The van der Waals surface area contributed by atoms with E-state index in [4.69, 9.17) is 23.2 Å². The molecule has 2 rings (SSSR count). The fraction of sp³-hybridized carbons (Fsp3) is 0.300. The molecule has 0 fully saturated rings. The zero-order valence-corrected chi connectivity index (χ0v) is 10.7. The van der Waals surface area contributed by atoms with Crippen LogP contribution in [0.25, 0.3) is 0 Å². The van der Waals surface area contributed by atoms with Crippen LogP contribution in [0.15, 0.2) is 24.8 Å². The van der Waals surface area contributed by atoms with E-state index in [1.165, 1.54) is 0 Å². The molecule has 7 heteroatoms. The zero-order valence-electron chi connectivity index (χ0n) is 9.14. The molecule has 2 aromatic rings. The van der Waals surface area contributed by atoms with Gasteiger partial charge in [-0.25, -0.2) is 4.98 Å². The fourth-order valence-electron chi connectivity index (χ4n) is 1.48. The molecule has 0 saturated carbocycles. The van der Waals surface area contributed by atoms with E-state index in [0.717, 1.165) is 6.54 Å². The van der Waals surface area contributed by atoms with E-state index in [0.29, 0.717) is 16.0 Å². The maximum Gasteiger partial charge on any atom is 0.174 e. The van der Waals surface area contributed by atoms with E-state index in [1.54, 1.807) is 18.6 Å². The first kappa shape index (κ1) is 12.1. The fourth-order valence-corrected chi connectivity index (χ4v) is 1.77. The molecule has 5 nitrogen and oxygen atoms in total. The maximum absolute atomic E-state index is 5.91. The van der Waals surface area contributed by atoms with Gasteiger partial charge in [-0.1, -0.05) is 23.2 Å². The number of rotatable bonds is 4. The molecule has 1 atom stereocenters. The van der Waals surface area contributed by atoms with E-state index in [9.17, 15) is 0 Å². The third-order valence-electron chi connectivity index (χ3n) is 2.16. The average Bonchev–Trinajstić information content (AvgIpc) is 2.76. The van der Waals surface area contributed by atoms with Crippen molar-refractivity contribution in [3.05, 3.63) is 35.1 Å². The van der Waals surface area contributed by atoms with Gasteiger partial charge in [-0.05, 0) is 6.92 Å². The topological polar surface area (TPSA) is 55.6 Å². The molecule has 1 N–H and O–H groups in total. The van der Waals surface area contributed by atoms with E-state index >= 15 is 0 Å². The van der Waals surface area contributed by atoms with Gasteiger partial charge in [-0.3, -0.25) is 0 Å². The van der Waals surface area contributed by atoms with Gasteiger partial charge in [0.15, 0.2) is 10.3 Å². The number of nitrogens with one attached hydrogen (secondary N) is 1. The van der Waals surface area contributed by atoms with Crippen LogP contribution in [0.3, 0.4) is 0 Å². The highest BCUT2D eigenvalue weighted by atomic mass is 35.5. The SMILES string of the molecule is CC(Cn1ccnc1)Nc1cc(Cl)nnc1Cl. The Morgan fingerprint density at radius 2 is 2.24 bits per heavy atom. The van der Waals surface area contributed by atoms with E-state index in [1.807, 2.05) is 17.7 Å². The van der Waals surface area contributed by atoms with Crippen LogP contribution in [-0.4, -0.2) is 25.8 Å². The normalized spacial score (nSPS) is 12.4. The van der Waals surface area contributed by atoms with E-state index < -0.39 is 0 Å². The summed E-state index contributed by atoms with van der Waals surface area (Å²) in [7, 11) is 0. The third kappa shape index (κ3) is 3.31. The van der Waals surface area contributed by atoms with Gasteiger partial charge in [0.05, 0.1) is 12.0 Å². The molecule has 0 aliphatic rings. The smallest absolute Gasteiger partial charge is 0.174 e. The number of hydrogen-bond donors (Lipinski definition) is 1. The van der Waals surface area contributed by atoms with Crippen molar-refractivity contribution in [2.24, 2.45) is 0 Å². The highest BCUT2D eigenvalue weighted by Crippen LogP contribution is 2.21. The van der Waals surface area contributed by atoms with Crippen LogP contribution in [0.2, 0.25) is 10.3 Å². The lowest BCUT2D eigenvalue weighted by Crippen LogP contribution is -2.21. The van der Waals surface area contributed by atoms with Crippen molar-refractivity contribution < 1.29 is 0 Å². The third-order valence-corrected chi connectivity index (χ3v) is 2.63. The highest BCUT2D eigenvalue weighted by Gasteiger charge is 2.08. The van der Waals surface area contributed by atoms with Gasteiger partial charge < -0.3 is 9.88 Å². The summed E-state index contributed by atoms with van der Waals surface area (Å²) in [6, 6.07) is 1.82. The minimum Gasteiger partial charge on any atom is -0.378 e. The van der Waals surface area contributed by atoms with Crippen molar-refractivity contribution in [2.45, 2.75) is 19.5 Å². The van der Waals surface area contributed by atoms with Crippen LogP contribution in [0.1, 0.15) is 6.92 Å².